The molecule has 0 saturated carbocycles. The van der Waals surface area contributed by atoms with Gasteiger partial charge in [-0.3, -0.25) is 0 Å². The monoisotopic (exact) mass is 394 g/mol. The molecule has 0 spiro atoms. The Kier molecular flexibility index (Phi) is 4.10. The van der Waals surface area contributed by atoms with Gasteiger partial charge >= 0.3 is 6.18 Å². The van der Waals surface area contributed by atoms with E-state index in [4.69, 9.17) is 4.42 Å². The zero-order valence-corrected chi connectivity index (χ0v) is 15.0. The first-order chi connectivity index (χ1) is 12.8. The molecule has 4 aromatic heterocycles. The number of nitrogens with one attached hydrogen (secondary N) is 1. The highest BCUT2D eigenvalue weighted by molar-refractivity contribution is 7.13. The lowest BCUT2D eigenvalue weighted by Gasteiger charge is -2.11. The van der Waals surface area contributed by atoms with Crippen LogP contribution in [0.5, 0.6) is 0 Å². The Bertz CT molecular complexity index is 1100. The highest BCUT2D eigenvalue weighted by Crippen LogP contribution is 2.30. The van der Waals surface area contributed by atoms with E-state index in [1.165, 1.54) is 11.3 Å². The van der Waals surface area contributed by atoms with Crippen molar-refractivity contribution in [2.75, 3.05) is 5.32 Å². The zero-order chi connectivity index (χ0) is 19.2. The topological polar surface area (TPSA) is 81.1 Å². The summed E-state index contributed by atoms with van der Waals surface area (Å²) in [5, 5.41) is 16.5. The van der Waals surface area contributed by atoms with Crippen LogP contribution in [0.4, 0.5) is 19.0 Å². The van der Waals surface area contributed by atoms with E-state index in [0.717, 1.165) is 15.2 Å². The van der Waals surface area contributed by atoms with Crippen LogP contribution in [0.3, 0.4) is 0 Å². The summed E-state index contributed by atoms with van der Waals surface area (Å²) in [5.41, 5.74) is 2.08. The molecule has 11 heteroatoms. The predicted octanol–water partition coefficient (Wildman–Crippen LogP) is 4.09. The van der Waals surface area contributed by atoms with Gasteiger partial charge in [-0.15, -0.1) is 26.6 Å². The number of furan rings is 1. The van der Waals surface area contributed by atoms with Crippen molar-refractivity contribution < 1.29 is 17.6 Å². The Morgan fingerprint density at radius 3 is 2.74 bits per heavy atom. The van der Waals surface area contributed by atoms with Gasteiger partial charge in [0.2, 0.25) is 0 Å². The van der Waals surface area contributed by atoms with E-state index in [1.54, 1.807) is 26.2 Å². The van der Waals surface area contributed by atoms with E-state index in [1.807, 2.05) is 11.4 Å². The fourth-order valence-electron chi connectivity index (χ4n) is 2.55. The van der Waals surface area contributed by atoms with Crippen molar-refractivity contribution in [2.45, 2.75) is 26.6 Å². The molecule has 0 atom stereocenters. The van der Waals surface area contributed by atoms with Gasteiger partial charge in [-0.1, -0.05) is 0 Å². The number of alkyl halides is 3. The molecule has 0 fully saturated rings. The number of nitrogens with zero attached hydrogens (tertiary/aromatic N) is 5. The minimum Gasteiger partial charge on any atom is -0.462 e. The minimum atomic E-state index is -4.64. The third kappa shape index (κ3) is 3.14. The Morgan fingerprint density at radius 2 is 2.04 bits per heavy atom. The molecule has 0 radical (unpaired) electrons. The summed E-state index contributed by atoms with van der Waals surface area (Å²) in [6.45, 7) is 3.76. The third-order valence-corrected chi connectivity index (χ3v) is 4.97. The first kappa shape index (κ1) is 17.5. The number of aryl methyl sites for hydroxylation is 1. The summed E-state index contributed by atoms with van der Waals surface area (Å²) in [7, 11) is 0. The maximum Gasteiger partial charge on any atom is 0.453 e. The van der Waals surface area contributed by atoms with Crippen LogP contribution in [0, 0.1) is 13.8 Å². The van der Waals surface area contributed by atoms with Gasteiger partial charge in [0.1, 0.15) is 0 Å². The van der Waals surface area contributed by atoms with Gasteiger partial charge in [0.15, 0.2) is 22.2 Å². The SMILES string of the molecule is Cc1c(NCc2csc(-c3ccco3)n2)nn2c(C(F)(F)F)nnc2c1C. The number of anilines is 1. The second kappa shape index (κ2) is 6.34. The highest BCUT2D eigenvalue weighted by atomic mass is 32.1. The number of rotatable bonds is 4. The summed E-state index contributed by atoms with van der Waals surface area (Å²) in [4.78, 5) is 4.45. The Morgan fingerprint density at radius 1 is 1.22 bits per heavy atom. The number of aromatic nitrogens is 5. The van der Waals surface area contributed by atoms with Crippen molar-refractivity contribution in [3.8, 4) is 10.8 Å². The number of thiazole rings is 1. The van der Waals surface area contributed by atoms with Gasteiger partial charge in [0, 0.05) is 10.9 Å². The van der Waals surface area contributed by atoms with Crippen LogP contribution in [-0.4, -0.2) is 24.8 Å². The molecule has 0 bridgehead atoms. The predicted molar refractivity (Wildman–Crippen MR) is 92.4 cm³/mol. The zero-order valence-electron chi connectivity index (χ0n) is 14.2. The summed E-state index contributed by atoms with van der Waals surface area (Å²) < 4.78 is 45.3. The van der Waals surface area contributed by atoms with Gasteiger partial charge in [-0.05, 0) is 31.5 Å². The molecule has 0 aliphatic carbocycles. The van der Waals surface area contributed by atoms with Crippen molar-refractivity contribution in [1.82, 2.24) is 24.8 Å². The molecule has 0 amide bonds. The molecule has 0 aliphatic heterocycles. The van der Waals surface area contributed by atoms with Gasteiger partial charge in [-0.2, -0.15) is 17.7 Å². The van der Waals surface area contributed by atoms with E-state index in [2.05, 4.69) is 25.6 Å². The summed E-state index contributed by atoms with van der Waals surface area (Å²) >= 11 is 1.42. The Labute approximate surface area is 154 Å². The molecule has 0 aromatic carbocycles. The summed E-state index contributed by atoms with van der Waals surface area (Å²) in [6.07, 6.45) is -3.07. The van der Waals surface area contributed by atoms with Crippen molar-refractivity contribution in [3.63, 3.8) is 0 Å². The van der Waals surface area contributed by atoms with E-state index >= 15 is 0 Å². The summed E-state index contributed by atoms with van der Waals surface area (Å²) in [6, 6.07) is 3.58. The maximum atomic E-state index is 13.1. The maximum absolute atomic E-state index is 13.1. The fraction of sp³-hybridized carbons (Fsp3) is 0.250. The van der Waals surface area contributed by atoms with Crippen LogP contribution >= 0.6 is 11.3 Å². The van der Waals surface area contributed by atoms with Crippen LogP contribution in [0.2, 0.25) is 0 Å². The van der Waals surface area contributed by atoms with Gasteiger partial charge in [0.05, 0.1) is 18.5 Å². The van der Waals surface area contributed by atoms with Crippen LogP contribution in [-0.2, 0) is 12.7 Å². The van der Waals surface area contributed by atoms with Gasteiger partial charge in [-0.25, -0.2) is 4.98 Å². The molecule has 1 N–H and O–H groups in total. The summed E-state index contributed by atoms with van der Waals surface area (Å²) in [5.74, 6) is -0.174. The first-order valence-electron chi connectivity index (χ1n) is 7.86. The van der Waals surface area contributed by atoms with E-state index in [-0.39, 0.29) is 5.65 Å². The largest absolute Gasteiger partial charge is 0.462 e. The fourth-order valence-corrected chi connectivity index (χ4v) is 3.34. The van der Waals surface area contributed by atoms with Gasteiger partial charge in [0.25, 0.3) is 5.82 Å². The lowest BCUT2D eigenvalue weighted by molar-refractivity contribution is -0.146. The van der Waals surface area contributed by atoms with Gasteiger partial charge < -0.3 is 9.73 Å². The van der Waals surface area contributed by atoms with Crippen LogP contribution < -0.4 is 5.32 Å². The molecule has 140 valence electrons. The normalized spacial score (nSPS) is 12.0. The highest BCUT2D eigenvalue weighted by Gasteiger charge is 2.38. The van der Waals surface area contributed by atoms with Crippen molar-refractivity contribution >= 4 is 22.8 Å². The number of fused-ring (bicyclic) bond motifs is 1. The lowest BCUT2D eigenvalue weighted by Crippen LogP contribution is -2.15. The quantitative estimate of drug-likeness (QED) is 0.562. The van der Waals surface area contributed by atoms with E-state index < -0.39 is 12.0 Å². The average molecular weight is 394 g/mol. The second-order valence-electron chi connectivity index (χ2n) is 5.83. The Balaban J connectivity index is 1.63. The smallest absolute Gasteiger partial charge is 0.453 e. The van der Waals surface area contributed by atoms with Crippen molar-refractivity contribution in [3.05, 3.63) is 46.4 Å². The molecule has 4 heterocycles. The van der Waals surface area contributed by atoms with Crippen LogP contribution in [0.1, 0.15) is 22.6 Å². The van der Waals surface area contributed by atoms with Crippen molar-refractivity contribution in [2.24, 2.45) is 0 Å². The molecule has 4 rings (SSSR count). The molecular weight excluding hydrogens is 381 g/mol. The Hall–Kier alpha value is -2.95. The van der Waals surface area contributed by atoms with Crippen LogP contribution in [0.15, 0.2) is 28.2 Å². The van der Waals surface area contributed by atoms with E-state index in [0.29, 0.717) is 29.2 Å². The lowest BCUT2D eigenvalue weighted by atomic mass is 10.2. The van der Waals surface area contributed by atoms with E-state index in [9.17, 15) is 13.2 Å². The standard InChI is InChI=1S/C16H13F3N6OS/c1-8-9(2)13-22-23-15(16(17,18)19)25(13)24-12(8)20-6-10-7-27-14(21-10)11-4-3-5-26-11/h3-5,7H,6H2,1-2H3,(H,20,24). The molecule has 4 aromatic rings. The second-order valence-corrected chi connectivity index (χ2v) is 6.69. The molecule has 0 saturated heterocycles. The molecular formula is C16H13F3N6OS. The molecule has 7 nitrogen and oxygen atoms in total. The molecule has 27 heavy (non-hydrogen) atoms. The number of halogens is 3. The minimum absolute atomic E-state index is 0.0825. The third-order valence-electron chi connectivity index (χ3n) is 4.07. The average Bonchev–Trinajstić information content (AvgIpc) is 3.35. The molecule has 0 aliphatic rings. The number of hydrogen-bond acceptors (Lipinski definition) is 7. The first-order valence-corrected chi connectivity index (χ1v) is 8.74. The number of hydrogen-bond donors (Lipinski definition) is 1. The van der Waals surface area contributed by atoms with Crippen LogP contribution in [0.25, 0.3) is 16.4 Å². The molecule has 0 unspecified atom stereocenters. The van der Waals surface area contributed by atoms with Crippen molar-refractivity contribution in [1.29, 1.82) is 0 Å².